The number of nitrogens with one attached hydrogen (secondary N) is 2. The van der Waals surface area contributed by atoms with Gasteiger partial charge in [0.15, 0.2) is 0 Å². The van der Waals surface area contributed by atoms with Crippen molar-refractivity contribution in [3.05, 3.63) is 0 Å². The molecule has 2 amide bonds. The predicted molar refractivity (Wildman–Crippen MR) is 66.5 cm³/mol. The Morgan fingerprint density at radius 3 is 2.82 bits per heavy atom. The minimum atomic E-state index is -0.0583. The molecule has 2 N–H and O–H groups in total. The second kappa shape index (κ2) is 6.59. The van der Waals surface area contributed by atoms with Crippen LogP contribution in [-0.4, -0.2) is 49.4 Å². The molecule has 17 heavy (non-hydrogen) atoms. The molecule has 0 spiro atoms. The molecule has 0 radical (unpaired) electrons. The normalized spacial score (nSPS) is 20.5. The number of carbonyl (C=O) groups is 2. The van der Waals surface area contributed by atoms with Gasteiger partial charge < -0.3 is 15.5 Å². The lowest BCUT2D eigenvalue weighted by Crippen LogP contribution is -2.44. The summed E-state index contributed by atoms with van der Waals surface area (Å²) in [4.78, 5) is 24.9. The van der Waals surface area contributed by atoms with Crippen molar-refractivity contribution >= 4 is 11.8 Å². The number of carbonyl (C=O) groups excluding carboxylic acids is 2. The van der Waals surface area contributed by atoms with E-state index in [1.54, 1.807) is 0 Å². The van der Waals surface area contributed by atoms with Gasteiger partial charge in [-0.3, -0.25) is 9.59 Å². The topological polar surface area (TPSA) is 61.4 Å². The Balaban J connectivity index is 2.19. The van der Waals surface area contributed by atoms with Gasteiger partial charge in [-0.05, 0) is 27.3 Å². The van der Waals surface area contributed by atoms with Crippen LogP contribution >= 0.6 is 0 Å². The van der Waals surface area contributed by atoms with Gasteiger partial charge in [0.2, 0.25) is 11.8 Å². The fourth-order valence-corrected chi connectivity index (χ4v) is 1.71. The minimum absolute atomic E-state index is 0.0496. The van der Waals surface area contributed by atoms with E-state index in [-0.39, 0.29) is 17.7 Å². The van der Waals surface area contributed by atoms with E-state index in [9.17, 15) is 9.59 Å². The highest BCUT2D eigenvalue weighted by Crippen LogP contribution is 2.10. The largest absolute Gasteiger partial charge is 0.355 e. The molecule has 0 aromatic heterocycles. The fraction of sp³-hybridized carbons (Fsp3) is 0.833. The van der Waals surface area contributed by atoms with Gasteiger partial charge in [0.25, 0.3) is 0 Å². The van der Waals surface area contributed by atoms with E-state index < -0.39 is 0 Å². The molecule has 0 saturated carbocycles. The van der Waals surface area contributed by atoms with Crippen LogP contribution in [0.15, 0.2) is 0 Å². The van der Waals surface area contributed by atoms with Crippen molar-refractivity contribution in [3.8, 4) is 0 Å². The van der Waals surface area contributed by atoms with Gasteiger partial charge in [0.1, 0.15) is 0 Å². The lowest BCUT2D eigenvalue weighted by atomic mass is 9.98. The number of hydrogen-bond donors (Lipinski definition) is 2. The lowest BCUT2D eigenvalue weighted by molar-refractivity contribution is -0.128. The number of likely N-dealkylation sites (N-methyl/N-ethyl adjacent to an activating group) is 1. The highest BCUT2D eigenvalue weighted by atomic mass is 16.2. The summed E-state index contributed by atoms with van der Waals surface area (Å²) in [5, 5.41) is 5.64. The third-order valence-corrected chi connectivity index (χ3v) is 3.28. The molecule has 5 heteroatoms. The molecule has 1 aliphatic rings. The summed E-state index contributed by atoms with van der Waals surface area (Å²) < 4.78 is 0. The van der Waals surface area contributed by atoms with E-state index in [1.807, 2.05) is 7.05 Å². The molecule has 0 bridgehead atoms. The zero-order chi connectivity index (χ0) is 12.8. The monoisotopic (exact) mass is 241 g/mol. The summed E-state index contributed by atoms with van der Waals surface area (Å²) in [5.74, 6) is 0.0489. The number of nitrogens with zero attached hydrogens (tertiary/aromatic N) is 1. The molecule has 1 saturated heterocycles. The zero-order valence-electron chi connectivity index (χ0n) is 11.0. The molecule has 1 rings (SSSR count). The third kappa shape index (κ3) is 4.73. The summed E-state index contributed by atoms with van der Waals surface area (Å²) in [5.41, 5.74) is 0. The van der Waals surface area contributed by atoms with Crippen LogP contribution in [0.4, 0.5) is 0 Å². The van der Waals surface area contributed by atoms with Crippen LogP contribution in [0.5, 0.6) is 0 Å². The number of amides is 2. The highest BCUT2D eigenvalue weighted by molar-refractivity contribution is 5.83. The van der Waals surface area contributed by atoms with Crippen LogP contribution in [-0.2, 0) is 9.59 Å². The van der Waals surface area contributed by atoms with Crippen LogP contribution < -0.4 is 10.6 Å². The van der Waals surface area contributed by atoms with Crippen LogP contribution in [0.1, 0.15) is 26.7 Å². The van der Waals surface area contributed by atoms with Gasteiger partial charge in [-0.2, -0.15) is 0 Å². The summed E-state index contributed by atoms with van der Waals surface area (Å²) in [7, 11) is 2.04. The Morgan fingerprint density at radius 1 is 1.59 bits per heavy atom. The summed E-state index contributed by atoms with van der Waals surface area (Å²) in [6, 6.07) is 0.487. The number of hydrogen-bond acceptors (Lipinski definition) is 3. The molecule has 5 nitrogen and oxygen atoms in total. The standard InChI is InChI=1S/C12H23N3O2/c1-9(2)15(3)7-6-13-12(17)10-4-5-11(16)14-8-10/h9-10H,4-8H2,1-3H3,(H,13,17)(H,14,16). The van der Waals surface area contributed by atoms with Gasteiger partial charge in [-0.15, -0.1) is 0 Å². The SMILES string of the molecule is CC(C)N(C)CCNC(=O)C1CCC(=O)NC1. The maximum atomic E-state index is 11.8. The van der Waals surface area contributed by atoms with Gasteiger partial charge in [-0.25, -0.2) is 0 Å². The van der Waals surface area contributed by atoms with Crippen molar-refractivity contribution in [3.63, 3.8) is 0 Å². The average molecular weight is 241 g/mol. The molecular formula is C12H23N3O2. The minimum Gasteiger partial charge on any atom is -0.355 e. The molecule has 98 valence electrons. The van der Waals surface area contributed by atoms with E-state index in [0.717, 1.165) is 6.54 Å². The zero-order valence-corrected chi connectivity index (χ0v) is 11.0. The van der Waals surface area contributed by atoms with Crippen LogP contribution in [0, 0.1) is 5.92 Å². The number of piperidine rings is 1. The Kier molecular flexibility index (Phi) is 5.41. The molecule has 0 aromatic rings. The van der Waals surface area contributed by atoms with Crippen molar-refractivity contribution in [2.45, 2.75) is 32.7 Å². The Bertz CT molecular complexity index is 269. The van der Waals surface area contributed by atoms with Gasteiger partial charge in [0, 0.05) is 32.1 Å². The van der Waals surface area contributed by atoms with E-state index in [0.29, 0.717) is 32.0 Å². The first-order chi connectivity index (χ1) is 8.00. The molecule has 0 aromatic carbocycles. The second-order valence-corrected chi connectivity index (χ2v) is 4.91. The van der Waals surface area contributed by atoms with Crippen LogP contribution in [0.3, 0.4) is 0 Å². The summed E-state index contributed by atoms with van der Waals surface area (Å²) in [6.45, 7) is 6.24. The third-order valence-electron chi connectivity index (χ3n) is 3.28. The van der Waals surface area contributed by atoms with Crippen molar-refractivity contribution in [1.29, 1.82) is 0 Å². The number of rotatable bonds is 5. The van der Waals surface area contributed by atoms with Gasteiger partial charge in [-0.1, -0.05) is 0 Å². The second-order valence-electron chi connectivity index (χ2n) is 4.91. The van der Waals surface area contributed by atoms with E-state index in [4.69, 9.17) is 0 Å². The van der Waals surface area contributed by atoms with Crippen molar-refractivity contribution in [2.24, 2.45) is 5.92 Å². The maximum absolute atomic E-state index is 11.8. The van der Waals surface area contributed by atoms with E-state index >= 15 is 0 Å². The molecule has 0 aliphatic carbocycles. The molecule has 1 fully saturated rings. The molecular weight excluding hydrogens is 218 g/mol. The van der Waals surface area contributed by atoms with Crippen LogP contribution in [0.25, 0.3) is 0 Å². The first kappa shape index (κ1) is 14.0. The lowest BCUT2D eigenvalue weighted by Gasteiger charge is -2.24. The van der Waals surface area contributed by atoms with Crippen molar-refractivity contribution < 1.29 is 9.59 Å². The molecule has 1 aliphatic heterocycles. The molecule has 1 atom stereocenters. The Hall–Kier alpha value is -1.10. The van der Waals surface area contributed by atoms with E-state index in [1.165, 1.54) is 0 Å². The van der Waals surface area contributed by atoms with Crippen molar-refractivity contribution in [1.82, 2.24) is 15.5 Å². The highest BCUT2D eigenvalue weighted by Gasteiger charge is 2.23. The van der Waals surface area contributed by atoms with Gasteiger partial charge >= 0.3 is 0 Å². The summed E-state index contributed by atoms with van der Waals surface area (Å²) in [6.07, 6.45) is 1.13. The maximum Gasteiger partial charge on any atom is 0.224 e. The quantitative estimate of drug-likeness (QED) is 0.710. The first-order valence-corrected chi connectivity index (χ1v) is 6.25. The predicted octanol–water partition coefficient (Wildman–Crippen LogP) is -0.0310. The summed E-state index contributed by atoms with van der Waals surface area (Å²) >= 11 is 0. The first-order valence-electron chi connectivity index (χ1n) is 6.25. The molecule has 1 heterocycles. The van der Waals surface area contributed by atoms with Crippen LogP contribution in [0.2, 0.25) is 0 Å². The van der Waals surface area contributed by atoms with Crippen molar-refractivity contribution in [2.75, 3.05) is 26.7 Å². The Labute approximate surface area is 103 Å². The van der Waals surface area contributed by atoms with Gasteiger partial charge in [0.05, 0.1) is 5.92 Å². The van der Waals surface area contributed by atoms with E-state index in [2.05, 4.69) is 29.4 Å². The smallest absolute Gasteiger partial charge is 0.224 e. The molecule has 1 unspecified atom stereocenters. The average Bonchev–Trinajstić information content (AvgIpc) is 2.29. The Morgan fingerprint density at radius 2 is 2.29 bits per heavy atom. The fourth-order valence-electron chi connectivity index (χ4n) is 1.71.